The fourth-order valence-corrected chi connectivity index (χ4v) is 2.19. The fraction of sp³-hybridized carbons (Fsp3) is 0.111. The minimum absolute atomic E-state index is 0.204. The maximum absolute atomic E-state index is 8.19. The number of furan rings is 1. The highest BCUT2D eigenvalue weighted by Crippen LogP contribution is 2.30. The van der Waals surface area contributed by atoms with E-state index in [1.54, 1.807) is 12.1 Å². The lowest BCUT2D eigenvalue weighted by atomic mass is 10.2. The van der Waals surface area contributed by atoms with E-state index in [0.717, 1.165) is 9.86 Å². The molecule has 1 heterocycles. The van der Waals surface area contributed by atoms with Gasteiger partial charge in [0.1, 0.15) is 11.3 Å². The van der Waals surface area contributed by atoms with E-state index in [-0.39, 0.29) is 6.54 Å². The average Bonchev–Trinajstić information content (AvgIpc) is 2.57. The smallest absolute Gasteiger partial charge is 0.136 e. The molecule has 0 amide bonds. The second kappa shape index (κ2) is 4.14. The molecule has 0 N–H and O–H groups in total. The van der Waals surface area contributed by atoms with Crippen molar-refractivity contribution < 1.29 is 4.42 Å². The van der Waals surface area contributed by atoms with E-state index in [4.69, 9.17) is 21.5 Å². The summed E-state index contributed by atoms with van der Waals surface area (Å²) in [6.45, 7) is 0.204. The molecule has 2 rings (SSSR count). The number of hydrogen-bond donors (Lipinski definition) is 0. The zero-order valence-electron chi connectivity index (χ0n) is 7.44. The monoisotopic (exact) mass is 285 g/mol. The Bertz CT molecular complexity index is 560. The zero-order chi connectivity index (χ0) is 10.8. The SMILES string of the molecule is [N-]=[N+]=NCc1cc2c(Br)cc(Cl)cc2o1. The highest BCUT2D eigenvalue weighted by molar-refractivity contribution is 9.10. The molecule has 15 heavy (non-hydrogen) atoms. The van der Waals surface area contributed by atoms with Crippen LogP contribution in [0.3, 0.4) is 0 Å². The van der Waals surface area contributed by atoms with Crippen molar-refractivity contribution in [3.8, 4) is 0 Å². The third-order valence-electron chi connectivity index (χ3n) is 1.89. The molecule has 1 aromatic heterocycles. The topological polar surface area (TPSA) is 61.9 Å². The molecule has 0 unspecified atom stereocenters. The van der Waals surface area contributed by atoms with Gasteiger partial charge in [-0.3, -0.25) is 0 Å². The molecular weight excluding hydrogens is 281 g/mol. The largest absolute Gasteiger partial charge is 0.461 e. The molecule has 0 radical (unpaired) electrons. The van der Waals surface area contributed by atoms with Crippen molar-refractivity contribution in [2.75, 3.05) is 0 Å². The van der Waals surface area contributed by atoms with E-state index < -0.39 is 0 Å². The quantitative estimate of drug-likeness (QED) is 0.450. The molecule has 0 aliphatic carbocycles. The van der Waals surface area contributed by atoms with E-state index in [2.05, 4.69) is 26.0 Å². The Morgan fingerprint density at radius 1 is 1.47 bits per heavy atom. The second-order valence-electron chi connectivity index (χ2n) is 2.90. The van der Waals surface area contributed by atoms with Gasteiger partial charge >= 0.3 is 0 Å². The average molecular weight is 287 g/mol. The first-order valence-electron chi connectivity index (χ1n) is 4.09. The molecule has 4 nitrogen and oxygen atoms in total. The Hall–Kier alpha value is -1.16. The van der Waals surface area contributed by atoms with Crippen LogP contribution in [0.15, 0.2) is 32.2 Å². The summed E-state index contributed by atoms with van der Waals surface area (Å²) < 4.78 is 6.31. The molecule has 0 bridgehead atoms. The van der Waals surface area contributed by atoms with Crippen molar-refractivity contribution in [1.29, 1.82) is 0 Å². The van der Waals surface area contributed by atoms with Crippen LogP contribution in [0.2, 0.25) is 5.02 Å². The normalized spacial score (nSPS) is 10.3. The van der Waals surface area contributed by atoms with Crippen molar-refractivity contribution in [1.82, 2.24) is 0 Å². The lowest BCUT2D eigenvalue weighted by Gasteiger charge is -1.93. The number of halogens is 2. The van der Waals surface area contributed by atoms with Gasteiger partial charge in [-0.2, -0.15) is 0 Å². The third kappa shape index (κ3) is 2.09. The van der Waals surface area contributed by atoms with Crippen LogP contribution < -0.4 is 0 Å². The van der Waals surface area contributed by atoms with Crippen molar-refractivity contribution in [2.24, 2.45) is 5.11 Å². The van der Waals surface area contributed by atoms with E-state index in [1.165, 1.54) is 0 Å². The first-order chi connectivity index (χ1) is 7.20. The number of rotatable bonds is 2. The van der Waals surface area contributed by atoms with E-state index in [0.29, 0.717) is 16.4 Å². The van der Waals surface area contributed by atoms with Crippen molar-refractivity contribution >= 4 is 38.5 Å². The molecule has 0 saturated heterocycles. The van der Waals surface area contributed by atoms with E-state index in [1.807, 2.05) is 6.07 Å². The van der Waals surface area contributed by atoms with Gasteiger partial charge in [-0.05, 0) is 33.6 Å². The van der Waals surface area contributed by atoms with Crippen LogP contribution in [0.1, 0.15) is 5.76 Å². The molecule has 1 aromatic carbocycles. The summed E-state index contributed by atoms with van der Waals surface area (Å²) in [6, 6.07) is 5.34. The number of benzene rings is 1. The Kier molecular flexibility index (Phi) is 2.86. The lowest BCUT2D eigenvalue weighted by Crippen LogP contribution is -1.70. The maximum Gasteiger partial charge on any atom is 0.136 e. The van der Waals surface area contributed by atoms with Crippen LogP contribution >= 0.6 is 27.5 Å². The number of fused-ring (bicyclic) bond motifs is 1. The van der Waals surface area contributed by atoms with Crippen LogP contribution in [-0.2, 0) is 6.54 Å². The molecule has 0 saturated carbocycles. The first-order valence-corrected chi connectivity index (χ1v) is 5.26. The van der Waals surface area contributed by atoms with Gasteiger partial charge in [0, 0.05) is 25.9 Å². The maximum atomic E-state index is 8.19. The van der Waals surface area contributed by atoms with Gasteiger partial charge in [0.05, 0.1) is 6.54 Å². The fourth-order valence-electron chi connectivity index (χ4n) is 1.30. The first kappa shape index (κ1) is 10.4. The van der Waals surface area contributed by atoms with Gasteiger partial charge in [0.15, 0.2) is 0 Å². The van der Waals surface area contributed by atoms with Crippen LogP contribution in [-0.4, -0.2) is 0 Å². The number of nitrogens with zero attached hydrogens (tertiary/aromatic N) is 3. The van der Waals surface area contributed by atoms with Gasteiger partial charge in [-0.1, -0.05) is 16.7 Å². The summed E-state index contributed by atoms with van der Waals surface area (Å²) in [5.41, 5.74) is 8.87. The van der Waals surface area contributed by atoms with Crippen molar-refractivity contribution in [3.05, 3.63) is 43.9 Å². The molecule has 0 atom stereocenters. The Balaban J connectivity index is 2.55. The summed E-state index contributed by atoms with van der Waals surface area (Å²) in [6.07, 6.45) is 0. The van der Waals surface area contributed by atoms with Crippen LogP contribution in [0.4, 0.5) is 0 Å². The lowest BCUT2D eigenvalue weighted by molar-refractivity contribution is 0.552. The minimum Gasteiger partial charge on any atom is -0.461 e. The number of hydrogen-bond acceptors (Lipinski definition) is 2. The van der Waals surface area contributed by atoms with Crippen molar-refractivity contribution in [3.63, 3.8) is 0 Å². The Labute approximate surface area is 98.6 Å². The highest BCUT2D eigenvalue weighted by Gasteiger charge is 2.07. The van der Waals surface area contributed by atoms with Crippen molar-refractivity contribution in [2.45, 2.75) is 6.54 Å². The van der Waals surface area contributed by atoms with Crippen LogP contribution in [0, 0.1) is 0 Å². The standard InChI is InChI=1S/C9H5BrClN3O/c10-8-1-5(11)2-9-7(8)3-6(15-9)4-13-14-12/h1-3H,4H2. The number of azide groups is 1. The molecular formula is C9H5BrClN3O. The Morgan fingerprint density at radius 3 is 3.00 bits per heavy atom. The van der Waals surface area contributed by atoms with Gasteiger partial charge in [0.2, 0.25) is 0 Å². The summed E-state index contributed by atoms with van der Waals surface area (Å²) >= 11 is 9.25. The summed E-state index contributed by atoms with van der Waals surface area (Å²) in [5, 5.41) is 4.94. The van der Waals surface area contributed by atoms with Gasteiger partial charge in [-0.15, -0.1) is 0 Å². The molecule has 0 spiro atoms. The summed E-state index contributed by atoms with van der Waals surface area (Å²) in [5.74, 6) is 0.616. The van der Waals surface area contributed by atoms with Crippen LogP contribution in [0.5, 0.6) is 0 Å². The Morgan fingerprint density at radius 2 is 2.27 bits per heavy atom. The molecule has 0 fully saturated rings. The predicted octanol–water partition coefficient (Wildman–Crippen LogP) is 4.66. The molecule has 0 aliphatic rings. The molecule has 0 aliphatic heterocycles. The third-order valence-corrected chi connectivity index (χ3v) is 2.77. The van der Waals surface area contributed by atoms with Gasteiger partial charge in [-0.25, -0.2) is 0 Å². The van der Waals surface area contributed by atoms with E-state index in [9.17, 15) is 0 Å². The zero-order valence-corrected chi connectivity index (χ0v) is 9.79. The summed E-state index contributed by atoms with van der Waals surface area (Å²) in [4.78, 5) is 2.67. The van der Waals surface area contributed by atoms with Crippen LogP contribution in [0.25, 0.3) is 21.4 Å². The molecule has 6 heteroatoms. The minimum atomic E-state index is 0.204. The van der Waals surface area contributed by atoms with E-state index >= 15 is 0 Å². The molecule has 2 aromatic rings. The van der Waals surface area contributed by atoms with Gasteiger partial charge < -0.3 is 4.42 Å². The molecule has 76 valence electrons. The second-order valence-corrected chi connectivity index (χ2v) is 4.19. The highest BCUT2D eigenvalue weighted by atomic mass is 79.9. The summed E-state index contributed by atoms with van der Waals surface area (Å²) in [7, 11) is 0. The predicted molar refractivity (Wildman–Crippen MR) is 61.8 cm³/mol. The van der Waals surface area contributed by atoms with Gasteiger partial charge in [0.25, 0.3) is 0 Å².